The summed E-state index contributed by atoms with van der Waals surface area (Å²) in [6, 6.07) is 1.32. The van der Waals surface area contributed by atoms with Gasteiger partial charge in [0.25, 0.3) is 0 Å². The van der Waals surface area contributed by atoms with Crippen molar-refractivity contribution >= 4 is 5.82 Å². The van der Waals surface area contributed by atoms with Gasteiger partial charge in [0.05, 0.1) is 25.5 Å². The second kappa shape index (κ2) is 4.76. The van der Waals surface area contributed by atoms with E-state index in [-0.39, 0.29) is 19.3 Å². The average Bonchev–Trinajstić information content (AvgIpc) is 2.76. The smallest absolute Gasteiger partial charge is 0.142 e. The maximum atomic E-state index is 13.0. The molecule has 1 saturated heterocycles. The van der Waals surface area contributed by atoms with E-state index in [0.717, 1.165) is 25.6 Å². The van der Waals surface area contributed by atoms with Crippen molar-refractivity contribution in [3.05, 3.63) is 23.6 Å². The molecule has 2 N–H and O–H groups in total. The molecule has 16 heavy (non-hydrogen) atoms. The molecule has 0 radical (unpaired) electrons. The molecule has 1 aromatic heterocycles. The molecule has 0 spiro atoms. The lowest BCUT2D eigenvalue weighted by Crippen LogP contribution is -2.33. The second-order valence-electron chi connectivity index (χ2n) is 3.97. The minimum absolute atomic E-state index is 0.0308. The zero-order valence-electron chi connectivity index (χ0n) is 8.93. The van der Waals surface area contributed by atoms with Crippen molar-refractivity contribution < 1.29 is 14.6 Å². The summed E-state index contributed by atoms with van der Waals surface area (Å²) in [5.74, 6) is 0.132. The van der Waals surface area contributed by atoms with E-state index < -0.39 is 5.82 Å². The van der Waals surface area contributed by atoms with Gasteiger partial charge in [0, 0.05) is 12.1 Å². The van der Waals surface area contributed by atoms with Crippen molar-refractivity contribution in [2.24, 2.45) is 0 Å². The normalized spacial score (nSPS) is 20.4. The van der Waals surface area contributed by atoms with Crippen LogP contribution in [0.15, 0.2) is 12.3 Å². The fourth-order valence-electron chi connectivity index (χ4n) is 2.15. The van der Waals surface area contributed by atoms with E-state index in [4.69, 9.17) is 5.11 Å². The minimum Gasteiger partial charge on any atom is -0.394 e. The number of aliphatic hydroxyl groups excluding tert-OH is 2. The van der Waals surface area contributed by atoms with E-state index in [1.807, 2.05) is 4.90 Å². The van der Waals surface area contributed by atoms with Crippen LogP contribution in [0.3, 0.4) is 0 Å². The molecule has 1 aromatic rings. The van der Waals surface area contributed by atoms with Gasteiger partial charge in [-0.1, -0.05) is 0 Å². The summed E-state index contributed by atoms with van der Waals surface area (Å²) in [6.07, 6.45) is 3.02. The van der Waals surface area contributed by atoms with E-state index in [1.54, 1.807) is 0 Å². The van der Waals surface area contributed by atoms with Crippen molar-refractivity contribution in [1.82, 2.24) is 4.98 Å². The molecule has 2 rings (SSSR count). The van der Waals surface area contributed by atoms with E-state index >= 15 is 0 Å². The Morgan fingerprint density at radius 3 is 3.00 bits per heavy atom. The number of halogens is 1. The highest BCUT2D eigenvalue weighted by Gasteiger charge is 2.26. The number of hydrogen-bond donors (Lipinski definition) is 2. The monoisotopic (exact) mass is 226 g/mol. The van der Waals surface area contributed by atoms with Crippen molar-refractivity contribution in [2.45, 2.75) is 25.5 Å². The van der Waals surface area contributed by atoms with Crippen LogP contribution < -0.4 is 4.90 Å². The maximum Gasteiger partial charge on any atom is 0.142 e. The lowest BCUT2D eigenvalue weighted by Gasteiger charge is -2.25. The van der Waals surface area contributed by atoms with Gasteiger partial charge < -0.3 is 15.1 Å². The van der Waals surface area contributed by atoms with Crippen LogP contribution >= 0.6 is 0 Å². The molecule has 2 heterocycles. The summed E-state index contributed by atoms with van der Waals surface area (Å²) in [5, 5.41) is 18.4. The molecule has 4 nitrogen and oxygen atoms in total. The Labute approximate surface area is 93.3 Å². The highest BCUT2D eigenvalue weighted by atomic mass is 19.1. The molecule has 1 fully saturated rings. The minimum atomic E-state index is -0.451. The summed E-state index contributed by atoms with van der Waals surface area (Å²) in [6.45, 7) is 0.607. The van der Waals surface area contributed by atoms with Gasteiger partial charge in [-0.15, -0.1) is 0 Å². The third-order valence-electron chi connectivity index (χ3n) is 2.94. The Bertz CT molecular complexity index is 373. The van der Waals surface area contributed by atoms with Gasteiger partial charge >= 0.3 is 0 Å². The first-order chi connectivity index (χ1) is 7.76. The van der Waals surface area contributed by atoms with Crippen LogP contribution in [0.4, 0.5) is 10.2 Å². The number of anilines is 1. The van der Waals surface area contributed by atoms with Gasteiger partial charge in [0.15, 0.2) is 0 Å². The first-order valence-corrected chi connectivity index (χ1v) is 5.39. The molecule has 1 unspecified atom stereocenters. The van der Waals surface area contributed by atoms with Gasteiger partial charge in [-0.05, 0) is 18.9 Å². The number of hydrogen-bond acceptors (Lipinski definition) is 4. The van der Waals surface area contributed by atoms with Crippen LogP contribution in [0.2, 0.25) is 0 Å². The van der Waals surface area contributed by atoms with Gasteiger partial charge in [-0.3, -0.25) is 0 Å². The van der Waals surface area contributed by atoms with Crippen LogP contribution in [-0.2, 0) is 6.61 Å². The first kappa shape index (κ1) is 11.3. The van der Waals surface area contributed by atoms with Crippen molar-refractivity contribution in [3.63, 3.8) is 0 Å². The number of nitrogens with zero attached hydrogens (tertiary/aromatic N) is 2. The summed E-state index contributed by atoms with van der Waals surface area (Å²) >= 11 is 0. The van der Waals surface area contributed by atoms with Crippen molar-refractivity contribution in [1.29, 1.82) is 0 Å². The van der Waals surface area contributed by atoms with Crippen molar-refractivity contribution in [3.8, 4) is 0 Å². The summed E-state index contributed by atoms with van der Waals surface area (Å²) in [4.78, 5) is 5.94. The van der Waals surface area contributed by atoms with Crippen molar-refractivity contribution in [2.75, 3.05) is 18.1 Å². The number of aromatic nitrogens is 1. The third kappa shape index (κ3) is 2.01. The molecule has 1 atom stereocenters. The van der Waals surface area contributed by atoms with Gasteiger partial charge in [0.1, 0.15) is 11.6 Å². The molecular formula is C11H15FN2O2. The largest absolute Gasteiger partial charge is 0.394 e. The molecule has 0 aromatic carbocycles. The third-order valence-corrected chi connectivity index (χ3v) is 2.94. The molecule has 1 aliphatic rings. The molecule has 0 bridgehead atoms. The van der Waals surface area contributed by atoms with E-state index in [1.165, 1.54) is 6.07 Å². The number of pyridine rings is 1. The highest BCUT2D eigenvalue weighted by molar-refractivity contribution is 5.48. The first-order valence-electron chi connectivity index (χ1n) is 5.39. The van der Waals surface area contributed by atoms with E-state index in [9.17, 15) is 9.50 Å². The highest BCUT2D eigenvalue weighted by Crippen LogP contribution is 2.26. The predicted octanol–water partition coefficient (Wildman–Crippen LogP) is 0.674. The predicted molar refractivity (Wildman–Crippen MR) is 57.6 cm³/mol. The summed E-state index contributed by atoms with van der Waals surface area (Å²) < 4.78 is 13.0. The Balaban J connectivity index is 2.31. The van der Waals surface area contributed by atoms with Gasteiger partial charge in [0.2, 0.25) is 0 Å². The molecule has 5 heteroatoms. The van der Waals surface area contributed by atoms with E-state index in [2.05, 4.69) is 4.98 Å². The second-order valence-corrected chi connectivity index (χ2v) is 3.97. The molecule has 1 aliphatic heterocycles. The number of aliphatic hydroxyl groups is 2. The van der Waals surface area contributed by atoms with Crippen LogP contribution in [-0.4, -0.2) is 34.4 Å². The Kier molecular flexibility index (Phi) is 3.36. The van der Waals surface area contributed by atoms with Crippen LogP contribution in [0.25, 0.3) is 0 Å². The molecule has 0 saturated carbocycles. The van der Waals surface area contributed by atoms with Gasteiger partial charge in [-0.25, -0.2) is 9.37 Å². The van der Waals surface area contributed by atoms with Gasteiger partial charge in [-0.2, -0.15) is 0 Å². The topological polar surface area (TPSA) is 56.6 Å². The molecule has 0 amide bonds. The summed E-state index contributed by atoms with van der Waals surface area (Å²) in [5.41, 5.74) is 0.473. The Morgan fingerprint density at radius 2 is 2.31 bits per heavy atom. The fraction of sp³-hybridized carbons (Fsp3) is 0.545. The molecule has 88 valence electrons. The zero-order valence-corrected chi connectivity index (χ0v) is 8.93. The number of rotatable bonds is 3. The van der Waals surface area contributed by atoms with Crippen LogP contribution in [0.5, 0.6) is 0 Å². The SMILES string of the molecule is OCc1cc(F)cnc1N1CCCC1CO. The Hall–Kier alpha value is -1.20. The standard InChI is InChI=1S/C11H15FN2O2/c12-9-4-8(6-15)11(13-5-9)14-3-1-2-10(14)7-16/h4-5,10,15-16H,1-3,6-7H2. The molecular weight excluding hydrogens is 211 g/mol. The maximum absolute atomic E-state index is 13.0. The quantitative estimate of drug-likeness (QED) is 0.795. The molecule has 0 aliphatic carbocycles. The lowest BCUT2D eigenvalue weighted by atomic mass is 10.2. The van der Waals surface area contributed by atoms with E-state index in [0.29, 0.717) is 11.4 Å². The average molecular weight is 226 g/mol. The summed E-state index contributed by atoms with van der Waals surface area (Å²) in [7, 11) is 0. The Morgan fingerprint density at radius 1 is 1.50 bits per heavy atom. The van der Waals surface area contributed by atoms with Crippen LogP contribution in [0.1, 0.15) is 18.4 Å². The fourth-order valence-corrected chi connectivity index (χ4v) is 2.15. The lowest BCUT2D eigenvalue weighted by molar-refractivity contribution is 0.263. The zero-order chi connectivity index (χ0) is 11.5. The van der Waals surface area contributed by atoms with Crippen LogP contribution in [0, 0.1) is 5.82 Å².